The molecule has 0 aliphatic rings. The van der Waals surface area contributed by atoms with E-state index >= 15 is 0 Å². The second-order valence-electron chi connectivity index (χ2n) is 4.82. The Balaban J connectivity index is 1.95. The third kappa shape index (κ3) is 5.28. The van der Waals surface area contributed by atoms with Crippen LogP contribution in [0, 0.1) is 3.57 Å². The quantitative estimate of drug-likeness (QED) is 0.540. The molecule has 0 aliphatic carbocycles. The molecule has 0 fully saturated rings. The number of carbonyl (C=O) groups excluding carboxylic acids is 1. The monoisotopic (exact) mass is 423 g/mol. The van der Waals surface area contributed by atoms with Crippen LogP contribution in [0.25, 0.3) is 0 Å². The average molecular weight is 423 g/mol. The first-order valence-electron chi connectivity index (χ1n) is 7.08. The lowest BCUT2D eigenvalue weighted by Gasteiger charge is -2.12. The molecule has 0 saturated heterocycles. The topological polar surface area (TPSA) is 47.6 Å². The molecule has 0 spiro atoms. The highest BCUT2D eigenvalue weighted by Gasteiger charge is 2.09. The molecule has 2 aromatic carbocycles. The fourth-order valence-corrected chi connectivity index (χ4v) is 2.36. The van der Waals surface area contributed by atoms with Crippen molar-refractivity contribution in [3.8, 4) is 11.5 Å². The van der Waals surface area contributed by atoms with Gasteiger partial charge >= 0.3 is 0 Å². The lowest BCUT2D eigenvalue weighted by atomic mass is 10.1. The third-order valence-electron chi connectivity index (χ3n) is 3.09. The van der Waals surface area contributed by atoms with Crippen molar-refractivity contribution in [3.63, 3.8) is 0 Å². The van der Waals surface area contributed by atoms with Gasteiger partial charge in [0.15, 0.2) is 18.1 Å². The smallest absolute Gasteiger partial charge is 0.262 e. The van der Waals surface area contributed by atoms with Crippen molar-refractivity contribution in [1.82, 2.24) is 0 Å². The highest BCUT2D eigenvalue weighted by Crippen LogP contribution is 2.28. The predicted molar refractivity (Wildman–Crippen MR) is 100 cm³/mol. The van der Waals surface area contributed by atoms with Crippen molar-refractivity contribution in [2.24, 2.45) is 0 Å². The normalized spacial score (nSPS) is 10.0. The summed E-state index contributed by atoms with van der Waals surface area (Å²) in [5.74, 6) is 0.924. The summed E-state index contributed by atoms with van der Waals surface area (Å²) in [7, 11) is 1.57. The van der Waals surface area contributed by atoms with Crippen molar-refractivity contribution >= 4 is 34.2 Å². The van der Waals surface area contributed by atoms with Gasteiger partial charge in [0, 0.05) is 9.26 Å². The van der Waals surface area contributed by atoms with E-state index in [9.17, 15) is 4.79 Å². The number of hydrogen-bond acceptors (Lipinski definition) is 3. The molecule has 0 radical (unpaired) electrons. The lowest BCUT2D eigenvalue weighted by molar-refractivity contribution is -0.118. The van der Waals surface area contributed by atoms with Gasteiger partial charge in [-0.25, -0.2) is 0 Å². The minimum absolute atomic E-state index is 0.0802. The van der Waals surface area contributed by atoms with Crippen LogP contribution in [0.4, 0.5) is 5.69 Å². The summed E-state index contributed by atoms with van der Waals surface area (Å²) in [6, 6.07) is 13.2. The van der Waals surface area contributed by atoms with E-state index in [4.69, 9.17) is 9.47 Å². The van der Waals surface area contributed by atoms with E-state index in [1.807, 2.05) is 42.5 Å². The molecule has 0 atom stereocenters. The summed E-state index contributed by atoms with van der Waals surface area (Å²) < 4.78 is 12.0. The molecule has 0 bridgehead atoms. The Bertz CT molecular complexity index is 683. The highest BCUT2D eigenvalue weighted by atomic mass is 127. The Morgan fingerprint density at radius 1 is 1.22 bits per heavy atom. The first-order valence-corrected chi connectivity index (χ1v) is 8.16. The predicted octanol–water partition coefficient (Wildman–Crippen LogP) is 4.05. The number of carbonyl (C=O) groups is 1. The van der Waals surface area contributed by atoms with Gasteiger partial charge in [0.05, 0.1) is 7.11 Å². The molecule has 0 heterocycles. The number of benzene rings is 2. The fraction of sp³-hybridized carbons (Fsp3) is 0.167. The molecular weight excluding hydrogens is 405 g/mol. The lowest BCUT2D eigenvalue weighted by Crippen LogP contribution is -2.20. The standard InChI is InChI=1S/C18H18INO3/c1-3-4-13-5-10-16(17(11-13)22-2)23-12-18(21)20-15-8-6-14(19)7-9-15/h3,5-11H,1,4,12H2,2H3,(H,20,21). The molecule has 120 valence electrons. The van der Waals surface area contributed by atoms with Crippen LogP contribution in [0.2, 0.25) is 0 Å². The van der Waals surface area contributed by atoms with Gasteiger partial charge in [-0.2, -0.15) is 0 Å². The van der Waals surface area contributed by atoms with Crippen LogP contribution in [0.5, 0.6) is 11.5 Å². The molecule has 23 heavy (non-hydrogen) atoms. The molecular formula is C18H18INO3. The van der Waals surface area contributed by atoms with Crippen LogP contribution in [0.1, 0.15) is 5.56 Å². The summed E-state index contributed by atoms with van der Waals surface area (Å²) in [6.45, 7) is 3.63. The molecule has 0 aliphatic heterocycles. The third-order valence-corrected chi connectivity index (χ3v) is 3.81. The van der Waals surface area contributed by atoms with Gasteiger partial charge < -0.3 is 14.8 Å². The summed E-state index contributed by atoms with van der Waals surface area (Å²) in [5, 5.41) is 2.79. The van der Waals surface area contributed by atoms with Crippen molar-refractivity contribution in [2.45, 2.75) is 6.42 Å². The molecule has 1 amide bonds. The van der Waals surface area contributed by atoms with E-state index in [0.29, 0.717) is 11.5 Å². The summed E-state index contributed by atoms with van der Waals surface area (Å²) in [5.41, 5.74) is 1.82. The maximum Gasteiger partial charge on any atom is 0.262 e. The zero-order chi connectivity index (χ0) is 16.7. The van der Waals surface area contributed by atoms with Gasteiger partial charge in [-0.1, -0.05) is 12.1 Å². The molecule has 5 heteroatoms. The SMILES string of the molecule is C=CCc1ccc(OCC(=O)Nc2ccc(I)cc2)c(OC)c1. The van der Waals surface area contributed by atoms with E-state index in [0.717, 1.165) is 21.2 Å². The van der Waals surface area contributed by atoms with Crippen molar-refractivity contribution in [2.75, 3.05) is 19.0 Å². The van der Waals surface area contributed by atoms with Gasteiger partial charge in [0.2, 0.25) is 0 Å². The fourth-order valence-electron chi connectivity index (χ4n) is 2.00. The van der Waals surface area contributed by atoms with Crippen LogP contribution < -0.4 is 14.8 Å². The van der Waals surface area contributed by atoms with Crippen molar-refractivity contribution in [1.29, 1.82) is 0 Å². The van der Waals surface area contributed by atoms with E-state index in [2.05, 4.69) is 34.5 Å². The summed E-state index contributed by atoms with van der Waals surface area (Å²) in [4.78, 5) is 11.9. The summed E-state index contributed by atoms with van der Waals surface area (Å²) >= 11 is 2.21. The number of methoxy groups -OCH3 is 1. The summed E-state index contributed by atoms with van der Waals surface area (Å²) in [6.07, 6.45) is 2.58. The molecule has 2 aromatic rings. The molecule has 1 N–H and O–H groups in total. The zero-order valence-corrected chi connectivity index (χ0v) is 15.0. The molecule has 2 rings (SSSR count). The number of nitrogens with one attached hydrogen (secondary N) is 1. The molecule has 0 aromatic heterocycles. The number of rotatable bonds is 7. The number of ether oxygens (including phenoxy) is 2. The van der Waals surface area contributed by atoms with Gasteiger partial charge in [-0.3, -0.25) is 4.79 Å². The van der Waals surface area contributed by atoms with Crippen LogP contribution in [-0.2, 0) is 11.2 Å². The van der Waals surface area contributed by atoms with Crippen molar-refractivity contribution in [3.05, 3.63) is 64.3 Å². The molecule has 4 nitrogen and oxygen atoms in total. The minimum Gasteiger partial charge on any atom is -0.493 e. The van der Waals surface area contributed by atoms with Crippen LogP contribution in [0.3, 0.4) is 0 Å². The van der Waals surface area contributed by atoms with Crippen LogP contribution in [0.15, 0.2) is 55.1 Å². The van der Waals surface area contributed by atoms with E-state index < -0.39 is 0 Å². The molecule has 0 unspecified atom stereocenters. The first kappa shape index (κ1) is 17.3. The number of halogens is 1. The number of hydrogen-bond donors (Lipinski definition) is 1. The van der Waals surface area contributed by atoms with Crippen LogP contribution >= 0.6 is 22.6 Å². The number of allylic oxidation sites excluding steroid dienone is 1. The van der Waals surface area contributed by atoms with E-state index in [1.54, 1.807) is 13.2 Å². The molecule has 0 saturated carbocycles. The number of amides is 1. The second kappa shape index (κ2) is 8.57. The minimum atomic E-state index is -0.219. The number of anilines is 1. The largest absolute Gasteiger partial charge is 0.493 e. The average Bonchev–Trinajstić information content (AvgIpc) is 2.56. The van der Waals surface area contributed by atoms with Crippen molar-refractivity contribution < 1.29 is 14.3 Å². The maximum absolute atomic E-state index is 11.9. The van der Waals surface area contributed by atoms with Gasteiger partial charge in [-0.15, -0.1) is 6.58 Å². The van der Waals surface area contributed by atoms with Crippen LogP contribution in [-0.4, -0.2) is 19.6 Å². The Kier molecular flexibility index (Phi) is 6.46. The Hall–Kier alpha value is -2.02. The maximum atomic E-state index is 11.9. The second-order valence-corrected chi connectivity index (χ2v) is 6.07. The van der Waals surface area contributed by atoms with Gasteiger partial charge in [0.1, 0.15) is 0 Å². The Labute approximate surface area is 149 Å². The highest BCUT2D eigenvalue weighted by molar-refractivity contribution is 14.1. The first-order chi connectivity index (χ1) is 11.1. The zero-order valence-electron chi connectivity index (χ0n) is 12.8. The van der Waals surface area contributed by atoms with E-state index in [1.165, 1.54) is 0 Å². The van der Waals surface area contributed by atoms with E-state index in [-0.39, 0.29) is 12.5 Å². The Morgan fingerprint density at radius 2 is 1.96 bits per heavy atom. The van der Waals surface area contributed by atoms with Gasteiger partial charge in [0.25, 0.3) is 5.91 Å². The Morgan fingerprint density at radius 3 is 2.61 bits per heavy atom. The van der Waals surface area contributed by atoms with Gasteiger partial charge in [-0.05, 0) is 71.0 Å².